The minimum atomic E-state index is -0.500. The monoisotopic (exact) mass is 261 g/mol. The molecule has 3 rings (SSSR count). The highest BCUT2D eigenvalue weighted by molar-refractivity contribution is 5.23. The highest BCUT2D eigenvalue weighted by Crippen LogP contribution is 2.33. The third kappa shape index (κ3) is 2.22. The summed E-state index contributed by atoms with van der Waals surface area (Å²) in [5.41, 5.74) is -0.786. The Bertz CT molecular complexity index is 643. The maximum absolute atomic E-state index is 12.3. The van der Waals surface area contributed by atoms with Gasteiger partial charge in [-0.2, -0.15) is 5.26 Å². The van der Waals surface area contributed by atoms with Crippen LogP contribution in [0.2, 0.25) is 0 Å². The number of nitriles is 1. The zero-order valence-corrected chi connectivity index (χ0v) is 10.5. The zero-order valence-electron chi connectivity index (χ0n) is 10.5. The maximum Gasteiger partial charge on any atom is 0.331 e. The molecule has 1 atom stereocenters. The molecule has 6 heteroatoms. The molecule has 19 heavy (non-hydrogen) atoms. The lowest BCUT2D eigenvalue weighted by molar-refractivity contribution is 0.0945. The molecule has 0 radical (unpaired) electrons. The molecule has 0 amide bonds. The second kappa shape index (κ2) is 4.67. The van der Waals surface area contributed by atoms with Crippen LogP contribution in [0, 0.1) is 11.3 Å². The summed E-state index contributed by atoms with van der Waals surface area (Å²) in [6.45, 7) is 0.925. The summed E-state index contributed by atoms with van der Waals surface area (Å²) in [4.78, 5) is 24.4. The number of hydrogen-bond acceptors (Lipinski definition) is 4. The van der Waals surface area contributed by atoms with Crippen LogP contribution in [0.3, 0.4) is 0 Å². The molecule has 2 heterocycles. The van der Waals surface area contributed by atoms with Crippen molar-refractivity contribution in [1.29, 1.82) is 5.26 Å². The molecule has 6 nitrogen and oxygen atoms in total. The summed E-state index contributed by atoms with van der Waals surface area (Å²) in [6, 6.07) is 2.03. The van der Waals surface area contributed by atoms with Gasteiger partial charge in [0.2, 0.25) is 0 Å². The van der Waals surface area contributed by atoms with E-state index in [1.165, 1.54) is 10.8 Å². The van der Waals surface area contributed by atoms with Gasteiger partial charge >= 0.3 is 5.69 Å². The van der Waals surface area contributed by atoms with Crippen molar-refractivity contribution in [2.45, 2.75) is 44.4 Å². The fourth-order valence-electron chi connectivity index (χ4n) is 2.47. The number of hydrogen-bond donors (Lipinski definition) is 0. The van der Waals surface area contributed by atoms with Crippen molar-refractivity contribution in [3.05, 3.63) is 32.6 Å². The Labute approximate surface area is 109 Å². The average Bonchev–Trinajstić information content (AvgIpc) is 3.12. The van der Waals surface area contributed by atoms with Crippen LogP contribution < -0.4 is 11.2 Å². The van der Waals surface area contributed by atoms with E-state index in [9.17, 15) is 9.59 Å². The van der Waals surface area contributed by atoms with Crippen LogP contribution in [0.1, 0.15) is 37.3 Å². The number of ether oxygens (including phenoxy) is 1. The van der Waals surface area contributed by atoms with Gasteiger partial charge in [0.25, 0.3) is 5.56 Å². The number of rotatable bonds is 3. The summed E-state index contributed by atoms with van der Waals surface area (Å²) >= 11 is 0. The van der Waals surface area contributed by atoms with Crippen LogP contribution in [0.15, 0.2) is 15.8 Å². The molecule has 2 fully saturated rings. The minimum Gasteiger partial charge on any atom is -0.376 e. The molecule has 1 saturated carbocycles. The molecule has 0 aromatic carbocycles. The molecule has 1 aliphatic heterocycles. The summed E-state index contributed by atoms with van der Waals surface area (Å²) in [7, 11) is 0. The van der Waals surface area contributed by atoms with E-state index in [0.29, 0.717) is 6.61 Å². The van der Waals surface area contributed by atoms with Gasteiger partial charge in [-0.3, -0.25) is 13.9 Å². The molecule has 0 N–H and O–H groups in total. The van der Waals surface area contributed by atoms with Crippen molar-refractivity contribution >= 4 is 0 Å². The van der Waals surface area contributed by atoms with Crippen molar-refractivity contribution in [2.75, 3.05) is 6.61 Å². The van der Waals surface area contributed by atoms with Crippen LogP contribution in [-0.4, -0.2) is 21.8 Å². The van der Waals surface area contributed by atoms with Gasteiger partial charge in [-0.05, 0) is 25.7 Å². The van der Waals surface area contributed by atoms with Crippen molar-refractivity contribution in [3.63, 3.8) is 0 Å². The first-order valence-corrected chi connectivity index (χ1v) is 6.58. The first-order valence-electron chi connectivity index (χ1n) is 6.58. The topological polar surface area (TPSA) is 77.0 Å². The molecule has 1 aromatic heterocycles. The lowest BCUT2D eigenvalue weighted by atomic mass is 10.2. The molecular weight excluding hydrogens is 246 g/mol. The molecule has 0 spiro atoms. The van der Waals surface area contributed by atoms with Crippen LogP contribution in [0.25, 0.3) is 0 Å². The van der Waals surface area contributed by atoms with Crippen LogP contribution >= 0.6 is 0 Å². The predicted octanol–water partition coefficient (Wildman–Crippen LogP) is 0.396. The second-order valence-corrected chi connectivity index (χ2v) is 5.13. The SMILES string of the molecule is N#Cc1cn(C2CC2)c(=O)n(CC2CCCO2)c1=O. The van der Waals surface area contributed by atoms with Crippen LogP contribution in [0.4, 0.5) is 0 Å². The highest BCUT2D eigenvalue weighted by Gasteiger charge is 2.28. The van der Waals surface area contributed by atoms with E-state index >= 15 is 0 Å². The van der Waals surface area contributed by atoms with E-state index in [4.69, 9.17) is 10.00 Å². The predicted molar refractivity (Wildman–Crippen MR) is 66.9 cm³/mol. The van der Waals surface area contributed by atoms with E-state index in [-0.39, 0.29) is 29.9 Å². The van der Waals surface area contributed by atoms with Crippen LogP contribution in [-0.2, 0) is 11.3 Å². The quantitative estimate of drug-likeness (QED) is 0.789. The van der Waals surface area contributed by atoms with Gasteiger partial charge in [-0.15, -0.1) is 0 Å². The van der Waals surface area contributed by atoms with Crippen molar-refractivity contribution in [1.82, 2.24) is 9.13 Å². The Morgan fingerprint density at radius 3 is 2.74 bits per heavy atom. The highest BCUT2D eigenvalue weighted by atomic mass is 16.5. The number of nitrogens with zero attached hydrogens (tertiary/aromatic N) is 3. The molecule has 0 bridgehead atoms. The summed E-state index contributed by atoms with van der Waals surface area (Å²) < 4.78 is 8.15. The Morgan fingerprint density at radius 2 is 2.16 bits per heavy atom. The largest absolute Gasteiger partial charge is 0.376 e. The lowest BCUT2D eigenvalue weighted by Gasteiger charge is -2.13. The van der Waals surface area contributed by atoms with E-state index in [0.717, 1.165) is 30.3 Å². The number of aromatic nitrogens is 2. The molecule has 1 aromatic rings. The molecule has 100 valence electrons. The van der Waals surface area contributed by atoms with Gasteiger partial charge in [0, 0.05) is 18.8 Å². The molecule has 1 unspecified atom stereocenters. The standard InChI is InChI=1S/C13H15N3O3/c14-6-9-7-15(10-3-4-10)13(18)16(12(9)17)8-11-2-1-5-19-11/h7,10-11H,1-5,8H2. The molecule has 1 saturated heterocycles. The van der Waals surface area contributed by atoms with Gasteiger partial charge in [-0.25, -0.2) is 4.79 Å². The molecule has 2 aliphatic rings. The zero-order chi connectivity index (χ0) is 13.4. The Kier molecular flexibility index (Phi) is 2.99. The normalized spacial score (nSPS) is 22.4. The van der Waals surface area contributed by atoms with E-state index in [1.807, 2.05) is 6.07 Å². The third-order valence-electron chi connectivity index (χ3n) is 3.67. The fourth-order valence-corrected chi connectivity index (χ4v) is 2.47. The first kappa shape index (κ1) is 12.2. The average molecular weight is 261 g/mol. The molecular formula is C13H15N3O3. The fraction of sp³-hybridized carbons (Fsp3) is 0.615. The molecule has 1 aliphatic carbocycles. The minimum absolute atomic E-state index is 0.0319. The van der Waals surface area contributed by atoms with Crippen LogP contribution in [0.5, 0.6) is 0 Å². The third-order valence-corrected chi connectivity index (χ3v) is 3.67. The van der Waals surface area contributed by atoms with E-state index in [2.05, 4.69) is 0 Å². The van der Waals surface area contributed by atoms with Gasteiger partial charge in [0.1, 0.15) is 11.6 Å². The van der Waals surface area contributed by atoms with E-state index < -0.39 is 5.56 Å². The Morgan fingerprint density at radius 1 is 1.37 bits per heavy atom. The van der Waals surface area contributed by atoms with Gasteiger partial charge in [0.15, 0.2) is 0 Å². The van der Waals surface area contributed by atoms with Gasteiger partial charge in [-0.1, -0.05) is 0 Å². The van der Waals surface area contributed by atoms with E-state index in [1.54, 1.807) is 0 Å². The maximum atomic E-state index is 12.3. The van der Waals surface area contributed by atoms with Crippen molar-refractivity contribution in [3.8, 4) is 6.07 Å². The van der Waals surface area contributed by atoms with Gasteiger partial charge < -0.3 is 4.74 Å². The van der Waals surface area contributed by atoms with Crippen molar-refractivity contribution < 1.29 is 4.74 Å². The lowest BCUT2D eigenvalue weighted by Crippen LogP contribution is -2.43. The Hall–Kier alpha value is -1.87. The summed E-state index contributed by atoms with van der Waals surface area (Å²) in [6.07, 6.45) is 4.98. The second-order valence-electron chi connectivity index (χ2n) is 5.13. The smallest absolute Gasteiger partial charge is 0.331 e. The van der Waals surface area contributed by atoms with Crippen molar-refractivity contribution in [2.24, 2.45) is 0 Å². The van der Waals surface area contributed by atoms with Gasteiger partial charge in [0.05, 0.1) is 12.6 Å². The summed E-state index contributed by atoms with van der Waals surface area (Å²) in [5.74, 6) is 0. The Balaban J connectivity index is 2.05. The summed E-state index contributed by atoms with van der Waals surface area (Å²) in [5, 5.41) is 9.01. The first-order chi connectivity index (χ1) is 9.20.